The number of nitrogens with zero attached hydrogens (tertiary/aromatic N) is 1. The minimum atomic E-state index is -3.43. The Kier molecular flexibility index (Phi) is 8.21. The van der Waals surface area contributed by atoms with Crippen LogP contribution in [0.25, 0.3) is 0 Å². The lowest BCUT2D eigenvalue weighted by Crippen LogP contribution is -2.29. The lowest BCUT2D eigenvalue weighted by Gasteiger charge is -2.20. The van der Waals surface area contributed by atoms with Crippen LogP contribution in [0.1, 0.15) is 48.9 Å². The first-order valence-electron chi connectivity index (χ1n) is 12.1. The van der Waals surface area contributed by atoms with Crippen molar-refractivity contribution in [3.8, 4) is 5.75 Å². The monoisotopic (exact) mass is 492 g/mol. The maximum atomic E-state index is 12.9. The molecule has 3 aromatic carbocycles. The Balaban J connectivity index is 1.40. The smallest absolute Gasteiger partial charge is 0.243 e. The second-order valence-corrected chi connectivity index (χ2v) is 10.6. The SMILES string of the molecule is CCOc1ccc(C(NC(=O)CCc2ccc(S(=O)(=O)N3CCCC3)cc2)c2ccccc2)cc1. The van der Waals surface area contributed by atoms with Crippen molar-refractivity contribution in [2.24, 2.45) is 0 Å². The third kappa shape index (κ3) is 6.29. The number of benzene rings is 3. The van der Waals surface area contributed by atoms with E-state index in [2.05, 4.69) is 5.32 Å². The molecule has 1 unspecified atom stereocenters. The molecule has 6 nitrogen and oxygen atoms in total. The molecule has 0 aromatic heterocycles. The van der Waals surface area contributed by atoms with Crippen molar-refractivity contribution in [1.82, 2.24) is 9.62 Å². The number of carbonyl (C=O) groups is 1. The van der Waals surface area contributed by atoms with E-state index in [1.807, 2.05) is 61.5 Å². The molecular formula is C28H32N2O4S. The molecule has 0 radical (unpaired) electrons. The zero-order chi connectivity index (χ0) is 24.7. The Bertz CT molecular complexity index is 1200. The summed E-state index contributed by atoms with van der Waals surface area (Å²) in [4.78, 5) is 13.2. The van der Waals surface area contributed by atoms with E-state index in [0.717, 1.165) is 35.3 Å². The molecule has 0 bridgehead atoms. The normalized spacial score (nSPS) is 15.0. The van der Waals surface area contributed by atoms with Gasteiger partial charge in [0.1, 0.15) is 5.75 Å². The van der Waals surface area contributed by atoms with Crippen molar-refractivity contribution in [3.05, 3.63) is 95.6 Å². The molecule has 1 aliphatic heterocycles. The molecule has 1 aliphatic rings. The van der Waals surface area contributed by atoms with Crippen LogP contribution in [0.5, 0.6) is 5.75 Å². The lowest BCUT2D eigenvalue weighted by molar-refractivity contribution is -0.121. The van der Waals surface area contributed by atoms with Gasteiger partial charge < -0.3 is 10.1 Å². The number of amides is 1. The third-order valence-electron chi connectivity index (χ3n) is 6.23. The van der Waals surface area contributed by atoms with Crippen LogP contribution >= 0.6 is 0 Å². The van der Waals surface area contributed by atoms with E-state index in [9.17, 15) is 13.2 Å². The molecule has 1 saturated heterocycles. The molecular weight excluding hydrogens is 460 g/mol. The van der Waals surface area contributed by atoms with Gasteiger partial charge in [0, 0.05) is 19.5 Å². The predicted octanol–water partition coefficient (Wildman–Crippen LogP) is 4.71. The van der Waals surface area contributed by atoms with E-state index in [1.54, 1.807) is 28.6 Å². The molecule has 1 N–H and O–H groups in total. The molecule has 184 valence electrons. The highest BCUT2D eigenvalue weighted by atomic mass is 32.2. The van der Waals surface area contributed by atoms with Gasteiger partial charge in [-0.25, -0.2) is 8.42 Å². The van der Waals surface area contributed by atoms with E-state index in [0.29, 0.717) is 37.4 Å². The summed E-state index contributed by atoms with van der Waals surface area (Å²) in [6.07, 6.45) is 2.65. The first kappa shape index (κ1) is 24.9. The van der Waals surface area contributed by atoms with Gasteiger partial charge in [0.25, 0.3) is 0 Å². The van der Waals surface area contributed by atoms with Crippen molar-refractivity contribution in [2.45, 2.75) is 43.5 Å². The number of carbonyl (C=O) groups excluding carboxylic acids is 1. The molecule has 3 aromatic rings. The highest BCUT2D eigenvalue weighted by Crippen LogP contribution is 2.25. The summed E-state index contributed by atoms with van der Waals surface area (Å²) in [6, 6.07) is 24.3. The van der Waals surface area contributed by atoms with Crippen LogP contribution in [-0.4, -0.2) is 38.3 Å². The molecule has 7 heteroatoms. The molecule has 1 fully saturated rings. The van der Waals surface area contributed by atoms with Crippen LogP contribution in [0.15, 0.2) is 83.8 Å². The van der Waals surface area contributed by atoms with Crippen LogP contribution in [0, 0.1) is 0 Å². The van der Waals surface area contributed by atoms with Gasteiger partial charge in [0.15, 0.2) is 0 Å². The van der Waals surface area contributed by atoms with Gasteiger partial charge in [-0.2, -0.15) is 4.31 Å². The van der Waals surface area contributed by atoms with Crippen LogP contribution < -0.4 is 10.1 Å². The zero-order valence-electron chi connectivity index (χ0n) is 20.0. The summed E-state index contributed by atoms with van der Waals surface area (Å²) in [6.45, 7) is 3.71. The van der Waals surface area contributed by atoms with Gasteiger partial charge in [-0.15, -0.1) is 0 Å². The number of rotatable bonds is 10. The average molecular weight is 493 g/mol. The van der Waals surface area contributed by atoms with Gasteiger partial charge in [-0.1, -0.05) is 54.6 Å². The van der Waals surface area contributed by atoms with Crippen molar-refractivity contribution in [3.63, 3.8) is 0 Å². The number of hydrogen-bond acceptors (Lipinski definition) is 4. The number of hydrogen-bond donors (Lipinski definition) is 1. The Morgan fingerprint density at radius 2 is 1.54 bits per heavy atom. The Labute approximate surface area is 208 Å². The topological polar surface area (TPSA) is 75.7 Å². The molecule has 1 heterocycles. The summed E-state index contributed by atoms with van der Waals surface area (Å²) in [5.41, 5.74) is 2.91. The summed E-state index contributed by atoms with van der Waals surface area (Å²) in [7, 11) is -3.43. The van der Waals surface area contributed by atoms with Gasteiger partial charge in [-0.3, -0.25) is 4.79 Å². The first-order chi connectivity index (χ1) is 17.0. The molecule has 1 amide bonds. The Morgan fingerprint density at radius 1 is 0.914 bits per heavy atom. The van der Waals surface area contributed by atoms with E-state index >= 15 is 0 Å². The molecule has 1 atom stereocenters. The van der Waals surface area contributed by atoms with Gasteiger partial charge in [-0.05, 0) is 67.1 Å². The summed E-state index contributed by atoms with van der Waals surface area (Å²) >= 11 is 0. The Hall–Kier alpha value is -3.16. The van der Waals surface area contributed by atoms with Gasteiger partial charge >= 0.3 is 0 Å². The quantitative estimate of drug-likeness (QED) is 0.445. The molecule has 4 rings (SSSR count). The van der Waals surface area contributed by atoms with E-state index in [4.69, 9.17) is 4.74 Å². The van der Waals surface area contributed by atoms with Crippen LogP contribution in [0.2, 0.25) is 0 Å². The van der Waals surface area contributed by atoms with E-state index < -0.39 is 10.0 Å². The average Bonchev–Trinajstić information content (AvgIpc) is 3.44. The molecule has 0 spiro atoms. The van der Waals surface area contributed by atoms with Crippen LogP contribution in [0.4, 0.5) is 0 Å². The third-order valence-corrected chi connectivity index (χ3v) is 8.14. The van der Waals surface area contributed by atoms with Gasteiger partial charge in [0.05, 0.1) is 17.5 Å². The predicted molar refractivity (Wildman–Crippen MR) is 137 cm³/mol. The number of aryl methyl sites for hydroxylation is 1. The number of nitrogens with one attached hydrogen (secondary N) is 1. The fraction of sp³-hybridized carbons (Fsp3) is 0.321. The minimum absolute atomic E-state index is 0.0681. The van der Waals surface area contributed by atoms with Crippen LogP contribution in [0.3, 0.4) is 0 Å². The van der Waals surface area contributed by atoms with Crippen molar-refractivity contribution in [2.75, 3.05) is 19.7 Å². The van der Waals surface area contributed by atoms with Crippen LogP contribution in [-0.2, 0) is 21.2 Å². The lowest BCUT2D eigenvalue weighted by atomic mass is 9.98. The fourth-order valence-electron chi connectivity index (χ4n) is 4.32. The summed E-state index contributed by atoms with van der Waals surface area (Å²) < 4.78 is 32.5. The molecule has 35 heavy (non-hydrogen) atoms. The van der Waals surface area contributed by atoms with E-state index in [1.165, 1.54) is 0 Å². The van der Waals surface area contributed by atoms with Crippen molar-refractivity contribution in [1.29, 1.82) is 0 Å². The maximum Gasteiger partial charge on any atom is 0.243 e. The molecule has 0 aliphatic carbocycles. The zero-order valence-corrected chi connectivity index (χ0v) is 20.8. The fourth-order valence-corrected chi connectivity index (χ4v) is 5.84. The number of sulfonamides is 1. The van der Waals surface area contributed by atoms with Gasteiger partial charge in [0.2, 0.25) is 15.9 Å². The standard InChI is InChI=1S/C28H32N2O4S/c1-2-34-25-15-13-24(14-16-25)28(23-8-4-3-5-9-23)29-27(31)19-12-22-10-17-26(18-11-22)35(32,33)30-20-6-7-21-30/h3-5,8-11,13-18,28H,2,6-7,12,19-21H2,1H3,(H,29,31). The van der Waals surface area contributed by atoms with Crippen molar-refractivity contribution < 1.29 is 17.9 Å². The summed E-state index contributed by atoms with van der Waals surface area (Å²) in [5.74, 6) is 0.728. The first-order valence-corrected chi connectivity index (χ1v) is 13.6. The van der Waals surface area contributed by atoms with Crippen molar-refractivity contribution >= 4 is 15.9 Å². The summed E-state index contributed by atoms with van der Waals surface area (Å²) in [5, 5.41) is 3.16. The minimum Gasteiger partial charge on any atom is -0.494 e. The highest BCUT2D eigenvalue weighted by Gasteiger charge is 2.27. The highest BCUT2D eigenvalue weighted by molar-refractivity contribution is 7.89. The van der Waals surface area contributed by atoms with E-state index in [-0.39, 0.29) is 11.9 Å². The Morgan fingerprint density at radius 3 is 2.17 bits per heavy atom. The second-order valence-electron chi connectivity index (χ2n) is 8.67. The second kappa shape index (κ2) is 11.5. The number of ether oxygens (including phenoxy) is 1. The largest absolute Gasteiger partial charge is 0.494 e. The molecule has 0 saturated carbocycles. The maximum absolute atomic E-state index is 12.9.